The molecule has 0 aliphatic carbocycles. The van der Waals surface area contributed by atoms with E-state index in [1.165, 1.54) is 17.4 Å². The third kappa shape index (κ3) is 3.03. The van der Waals surface area contributed by atoms with Gasteiger partial charge in [-0.05, 0) is 29.6 Å². The van der Waals surface area contributed by atoms with Crippen LogP contribution in [-0.4, -0.2) is 0 Å². The van der Waals surface area contributed by atoms with E-state index in [1.807, 2.05) is 5.38 Å². The van der Waals surface area contributed by atoms with Crippen LogP contribution in [0, 0.1) is 11.3 Å². The van der Waals surface area contributed by atoms with E-state index in [-0.39, 0.29) is 0 Å². The fraction of sp³-hybridized carbons (Fsp3) is 0.154. The second kappa shape index (κ2) is 5.43. The number of rotatable bonds is 3. The SMILES string of the molecule is N#Cc1ccc(NCc2sccc2N)cc1C(F)(F)F. The lowest BCUT2D eigenvalue weighted by molar-refractivity contribution is -0.137. The van der Waals surface area contributed by atoms with Crippen LogP contribution >= 0.6 is 11.3 Å². The molecule has 1 heterocycles. The van der Waals surface area contributed by atoms with Gasteiger partial charge in [-0.3, -0.25) is 0 Å². The fourth-order valence-corrected chi connectivity index (χ4v) is 2.40. The molecule has 0 aliphatic heterocycles. The van der Waals surface area contributed by atoms with E-state index in [2.05, 4.69) is 5.32 Å². The molecule has 1 aromatic carbocycles. The molecule has 104 valence electrons. The molecule has 0 saturated heterocycles. The Morgan fingerprint density at radius 3 is 2.60 bits per heavy atom. The third-order valence-electron chi connectivity index (χ3n) is 2.68. The average Bonchev–Trinajstić information content (AvgIpc) is 2.80. The zero-order chi connectivity index (χ0) is 14.8. The number of nitrogens with zero attached hydrogens (tertiary/aromatic N) is 1. The minimum absolute atomic E-state index is 0.295. The summed E-state index contributed by atoms with van der Waals surface area (Å²) in [6.45, 7) is 0.340. The van der Waals surface area contributed by atoms with E-state index in [0.717, 1.165) is 17.0 Å². The molecule has 2 aromatic rings. The number of thiophene rings is 1. The summed E-state index contributed by atoms with van der Waals surface area (Å²) in [5, 5.41) is 13.4. The Hall–Kier alpha value is -2.20. The second-order valence-corrected chi connectivity index (χ2v) is 5.02. The number of anilines is 2. The number of hydrogen-bond donors (Lipinski definition) is 2. The van der Waals surface area contributed by atoms with Crippen molar-refractivity contribution in [1.82, 2.24) is 0 Å². The standard InChI is InChI=1S/C13H10F3N3S/c14-13(15,16)10-5-9(2-1-8(10)6-17)19-7-12-11(18)3-4-20-12/h1-5,19H,7,18H2. The van der Waals surface area contributed by atoms with Gasteiger partial charge in [-0.25, -0.2) is 0 Å². The van der Waals surface area contributed by atoms with Gasteiger partial charge in [0.05, 0.1) is 23.7 Å². The first-order valence-corrected chi connectivity index (χ1v) is 6.47. The number of alkyl halides is 3. The molecule has 0 fully saturated rings. The van der Waals surface area contributed by atoms with E-state index in [9.17, 15) is 13.2 Å². The number of hydrogen-bond acceptors (Lipinski definition) is 4. The Bertz CT molecular complexity index is 656. The van der Waals surface area contributed by atoms with Crippen LogP contribution in [0.25, 0.3) is 0 Å². The Morgan fingerprint density at radius 2 is 2.05 bits per heavy atom. The molecule has 2 rings (SSSR count). The topological polar surface area (TPSA) is 61.8 Å². The maximum absolute atomic E-state index is 12.8. The summed E-state index contributed by atoms with van der Waals surface area (Å²) in [5.41, 5.74) is 5.27. The van der Waals surface area contributed by atoms with Gasteiger partial charge in [0.15, 0.2) is 0 Å². The Morgan fingerprint density at radius 1 is 1.30 bits per heavy atom. The van der Waals surface area contributed by atoms with Crippen LogP contribution in [-0.2, 0) is 12.7 Å². The molecule has 7 heteroatoms. The van der Waals surface area contributed by atoms with E-state index < -0.39 is 17.3 Å². The lowest BCUT2D eigenvalue weighted by atomic mass is 10.1. The fourth-order valence-electron chi connectivity index (χ4n) is 1.66. The first-order valence-electron chi connectivity index (χ1n) is 5.59. The maximum atomic E-state index is 12.8. The predicted octanol–water partition coefficient (Wildman–Crippen LogP) is 3.83. The Balaban J connectivity index is 2.22. The molecule has 0 aliphatic rings. The zero-order valence-corrected chi connectivity index (χ0v) is 11.0. The molecule has 3 nitrogen and oxygen atoms in total. The summed E-state index contributed by atoms with van der Waals surface area (Å²) in [6, 6.07) is 6.81. The Kier molecular flexibility index (Phi) is 3.86. The molecule has 20 heavy (non-hydrogen) atoms. The number of nitrogens with one attached hydrogen (secondary N) is 1. The van der Waals surface area contributed by atoms with Crippen molar-refractivity contribution in [2.75, 3.05) is 11.1 Å². The molecule has 0 atom stereocenters. The maximum Gasteiger partial charge on any atom is 0.417 e. The van der Waals surface area contributed by atoms with Gasteiger partial charge in [0.25, 0.3) is 0 Å². The van der Waals surface area contributed by atoms with Gasteiger partial charge in [0.1, 0.15) is 0 Å². The van der Waals surface area contributed by atoms with Crippen LogP contribution < -0.4 is 11.1 Å². The lowest BCUT2D eigenvalue weighted by Crippen LogP contribution is -2.09. The summed E-state index contributed by atoms with van der Waals surface area (Å²) >= 11 is 1.42. The summed E-state index contributed by atoms with van der Waals surface area (Å²) < 4.78 is 38.4. The van der Waals surface area contributed by atoms with E-state index in [1.54, 1.807) is 12.1 Å². The van der Waals surface area contributed by atoms with Gasteiger partial charge in [-0.2, -0.15) is 18.4 Å². The van der Waals surface area contributed by atoms with Crippen LogP contribution in [0.15, 0.2) is 29.6 Å². The van der Waals surface area contributed by atoms with Gasteiger partial charge in [-0.15, -0.1) is 11.3 Å². The van der Waals surface area contributed by atoms with Crippen LogP contribution in [0.1, 0.15) is 16.0 Å². The first kappa shape index (κ1) is 14.2. The number of halogens is 3. The highest BCUT2D eigenvalue weighted by Crippen LogP contribution is 2.33. The number of nitrogen functional groups attached to an aromatic ring is 1. The minimum Gasteiger partial charge on any atom is -0.398 e. The van der Waals surface area contributed by atoms with Crippen molar-refractivity contribution in [3.63, 3.8) is 0 Å². The van der Waals surface area contributed by atoms with Crippen molar-refractivity contribution in [2.24, 2.45) is 0 Å². The van der Waals surface area contributed by atoms with Crippen molar-refractivity contribution in [1.29, 1.82) is 5.26 Å². The van der Waals surface area contributed by atoms with Gasteiger partial charge < -0.3 is 11.1 Å². The largest absolute Gasteiger partial charge is 0.417 e. The summed E-state index contributed by atoms with van der Waals surface area (Å²) in [7, 11) is 0. The second-order valence-electron chi connectivity index (χ2n) is 4.02. The average molecular weight is 297 g/mol. The van der Waals surface area contributed by atoms with Crippen LogP contribution in [0.3, 0.4) is 0 Å². The molecule has 0 amide bonds. The van der Waals surface area contributed by atoms with Crippen molar-refractivity contribution >= 4 is 22.7 Å². The monoisotopic (exact) mass is 297 g/mol. The van der Waals surface area contributed by atoms with Crippen molar-refractivity contribution in [2.45, 2.75) is 12.7 Å². The summed E-state index contributed by atoms with van der Waals surface area (Å²) in [4.78, 5) is 0.850. The van der Waals surface area contributed by atoms with Gasteiger partial charge in [0.2, 0.25) is 0 Å². The van der Waals surface area contributed by atoms with Crippen molar-refractivity contribution < 1.29 is 13.2 Å². The summed E-state index contributed by atoms with van der Waals surface area (Å²) in [6.07, 6.45) is -4.55. The molecule has 0 saturated carbocycles. The third-order valence-corrected chi connectivity index (χ3v) is 3.62. The van der Waals surface area contributed by atoms with E-state index >= 15 is 0 Å². The summed E-state index contributed by atoms with van der Waals surface area (Å²) in [5.74, 6) is 0. The molecule has 3 N–H and O–H groups in total. The van der Waals surface area contributed by atoms with Crippen molar-refractivity contribution in [3.05, 3.63) is 45.6 Å². The molecular weight excluding hydrogens is 287 g/mol. The minimum atomic E-state index is -4.55. The lowest BCUT2D eigenvalue weighted by Gasteiger charge is -2.12. The van der Waals surface area contributed by atoms with E-state index in [4.69, 9.17) is 11.0 Å². The van der Waals surface area contributed by atoms with E-state index in [0.29, 0.717) is 17.9 Å². The van der Waals surface area contributed by atoms with Gasteiger partial charge in [-0.1, -0.05) is 0 Å². The highest BCUT2D eigenvalue weighted by atomic mass is 32.1. The zero-order valence-electron chi connectivity index (χ0n) is 10.2. The molecule has 1 aromatic heterocycles. The number of nitrogens with two attached hydrogens (primary N) is 1. The molecular formula is C13H10F3N3S. The van der Waals surface area contributed by atoms with Gasteiger partial charge in [0, 0.05) is 16.3 Å². The molecule has 0 unspecified atom stereocenters. The molecule has 0 radical (unpaired) electrons. The van der Waals surface area contributed by atoms with Crippen LogP contribution in [0.2, 0.25) is 0 Å². The normalized spacial score (nSPS) is 11.1. The molecule has 0 bridgehead atoms. The van der Waals surface area contributed by atoms with Crippen molar-refractivity contribution in [3.8, 4) is 6.07 Å². The Labute approximate surface area is 117 Å². The smallest absolute Gasteiger partial charge is 0.398 e. The number of nitriles is 1. The highest BCUT2D eigenvalue weighted by molar-refractivity contribution is 7.10. The first-order chi connectivity index (χ1) is 9.41. The quantitative estimate of drug-likeness (QED) is 0.905. The van der Waals surface area contributed by atoms with Gasteiger partial charge >= 0.3 is 6.18 Å². The predicted molar refractivity (Wildman–Crippen MR) is 72.2 cm³/mol. The van der Waals surface area contributed by atoms with Crippen LogP contribution in [0.4, 0.5) is 24.5 Å². The number of benzene rings is 1. The van der Waals surface area contributed by atoms with Crippen LogP contribution in [0.5, 0.6) is 0 Å². The highest BCUT2D eigenvalue weighted by Gasteiger charge is 2.33. The molecule has 0 spiro atoms.